The zero-order valence-electron chi connectivity index (χ0n) is 14.2. The summed E-state index contributed by atoms with van der Waals surface area (Å²) in [6.07, 6.45) is 0.866. The molecule has 0 bridgehead atoms. The third-order valence-corrected chi connectivity index (χ3v) is 3.36. The predicted molar refractivity (Wildman–Crippen MR) is 94.2 cm³/mol. The van der Waals surface area contributed by atoms with Gasteiger partial charge in [-0.3, -0.25) is 14.9 Å². The summed E-state index contributed by atoms with van der Waals surface area (Å²) in [7, 11) is 0. The van der Waals surface area contributed by atoms with Crippen LogP contribution in [0.4, 0.5) is 11.4 Å². The molecule has 0 aliphatic rings. The number of carbonyl (C=O) groups is 1. The molecule has 0 aliphatic heterocycles. The molecule has 2 aromatic rings. The molecule has 0 spiro atoms. The first-order valence-corrected chi connectivity index (χ1v) is 7.90. The normalized spacial score (nSPS) is 10.2. The lowest BCUT2D eigenvalue weighted by atomic mass is 10.2. The molecule has 0 unspecified atom stereocenters. The second kappa shape index (κ2) is 8.68. The fourth-order valence-corrected chi connectivity index (χ4v) is 2.17. The van der Waals surface area contributed by atoms with E-state index >= 15 is 0 Å². The summed E-state index contributed by atoms with van der Waals surface area (Å²) >= 11 is 0. The predicted octanol–water partition coefficient (Wildman–Crippen LogP) is 3.71. The van der Waals surface area contributed by atoms with Gasteiger partial charge in [0.25, 0.3) is 11.6 Å². The SMILES string of the molecule is CCCOc1ccccc1NC(=O)COc1ccc([N+](=O)[O-])c(C)c1. The molecule has 0 saturated heterocycles. The molecule has 7 heteroatoms. The van der Waals surface area contributed by atoms with Gasteiger partial charge in [0, 0.05) is 11.6 Å². The van der Waals surface area contributed by atoms with E-state index in [2.05, 4.69) is 5.32 Å². The molecular weight excluding hydrogens is 324 g/mol. The standard InChI is InChI=1S/C18H20N2O5/c1-3-10-24-17-7-5-4-6-15(17)19-18(21)12-25-14-8-9-16(20(22)23)13(2)11-14/h4-9,11H,3,10,12H2,1-2H3,(H,19,21). The number of benzene rings is 2. The average Bonchev–Trinajstić information content (AvgIpc) is 2.59. The molecule has 0 saturated carbocycles. The van der Waals surface area contributed by atoms with Gasteiger partial charge < -0.3 is 14.8 Å². The lowest BCUT2D eigenvalue weighted by Gasteiger charge is -2.12. The number of nitrogens with one attached hydrogen (secondary N) is 1. The van der Waals surface area contributed by atoms with Gasteiger partial charge >= 0.3 is 0 Å². The highest BCUT2D eigenvalue weighted by Gasteiger charge is 2.12. The number of carbonyl (C=O) groups excluding carboxylic acids is 1. The van der Waals surface area contributed by atoms with Crippen molar-refractivity contribution in [2.24, 2.45) is 0 Å². The molecule has 0 fully saturated rings. The Labute approximate surface area is 145 Å². The van der Waals surface area contributed by atoms with E-state index in [9.17, 15) is 14.9 Å². The number of para-hydroxylation sites is 2. The summed E-state index contributed by atoms with van der Waals surface area (Å²) < 4.78 is 11.0. The zero-order valence-corrected chi connectivity index (χ0v) is 14.2. The third kappa shape index (κ3) is 5.20. The maximum absolute atomic E-state index is 12.1. The van der Waals surface area contributed by atoms with Crippen LogP contribution in [0.2, 0.25) is 0 Å². The van der Waals surface area contributed by atoms with E-state index in [0.717, 1.165) is 6.42 Å². The Balaban J connectivity index is 1.95. The van der Waals surface area contributed by atoms with Gasteiger partial charge in [-0.15, -0.1) is 0 Å². The van der Waals surface area contributed by atoms with Crippen molar-refractivity contribution in [2.75, 3.05) is 18.5 Å². The van der Waals surface area contributed by atoms with Gasteiger partial charge in [0.05, 0.1) is 17.2 Å². The second-order valence-corrected chi connectivity index (χ2v) is 5.39. The molecule has 0 aromatic heterocycles. The minimum absolute atomic E-state index is 0.0128. The molecular formula is C18H20N2O5. The Morgan fingerprint density at radius 1 is 1.20 bits per heavy atom. The van der Waals surface area contributed by atoms with E-state index in [-0.39, 0.29) is 18.2 Å². The van der Waals surface area contributed by atoms with Crippen LogP contribution in [-0.4, -0.2) is 24.0 Å². The van der Waals surface area contributed by atoms with Gasteiger partial charge in [0.15, 0.2) is 6.61 Å². The highest BCUT2D eigenvalue weighted by molar-refractivity contribution is 5.93. The summed E-state index contributed by atoms with van der Waals surface area (Å²) in [6, 6.07) is 11.5. The van der Waals surface area contributed by atoms with Gasteiger partial charge in [-0.25, -0.2) is 0 Å². The molecule has 132 valence electrons. The molecule has 2 aromatic carbocycles. The van der Waals surface area contributed by atoms with Crippen LogP contribution in [0.25, 0.3) is 0 Å². The lowest BCUT2D eigenvalue weighted by molar-refractivity contribution is -0.385. The summed E-state index contributed by atoms with van der Waals surface area (Å²) in [6.45, 7) is 3.97. The van der Waals surface area contributed by atoms with Crippen molar-refractivity contribution in [3.63, 3.8) is 0 Å². The minimum atomic E-state index is -0.459. The van der Waals surface area contributed by atoms with Gasteiger partial charge in [-0.2, -0.15) is 0 Å². The van der Waals surface area contributed by atoms with Gasteiger partial charge in [0.1, 0.15) is 11.5 Å². The molecule has 2 rings (SSSR count). The minimum Gasteiger partial charge on any atom is -0.491 e. The van der Waals surface area contributed by atoms with E-state index in [4.69, 9.17) is 9.47 Å². The Morgan fingerprint density at radius 2 is 1.96 bits per heavy atom. The third-order valence-electron chi connectivity index (χ3n) is 3.36. The number of aryl methyl sites for hydroxylation is 1. The van der Waals surface area contributed by atoms with Gasteiger partial charge in [0.2, 0.25) is 0 Å². The molecule has 0 atom stereocenters. The maximum Gasteiger partial charge on any atom is 0.272 e. The van der Waals surface area contributed by atoms with Crippen LogP contribution in [-0.2, 0) is 4.79 Å². The Hall–Kier alpha value is -3.09. The van der Waals surface area contributed by atoms with Crippen molar-refractivity contribution in [1.82, 2.24) is 0 Å². The van der Waals surface area contributed by atoms with Crippen LogP contribution in [0.15, 0.2) is 42.5 Å². The quantitative estimate of drug-likeness (QED) is 0.582. The maximum atomic E-state index is 12.1. The molecule has 0 aliphatic carbocycles. The fraction of sp³-hybridized carbons (Fsp3) is 0.278. The van der Waals surface area contributed by atoms with Crippen molar-refractivity contribution in [1.29, 1.82) is 0 Å². The number of anilines is 1. The number of ether oxygens (including phenoxy) is 2. The van der Waals surface area contributed by atoms with Crippen LogP contribution in [0.1, 0.15) is 18.9 Å². The number of rotatable bonds is 8. The second-order valence-electron chi connectivity index (χ2n) is 5.39. The summed E-state index contributed by atoms with van der Waals surface area (Å²) in [5.74, 6) is 0.654. The lowest BCUT2D eigenvalue weighted by Crippen LogP contribution is -2.20. The van der Waals surface area contributed by atoms with Crippen LogP contribution in [0.3, 0.4) is 0 Å². The average molecular weight is 344 g/mol. The first-order valence-electron chi connectivity index (χ1n) is 7.90. The number of amides is 1. The molecule has 7 nitrogen and oxygen atoms in total. The summed E-state index contributed by atoms with van der Waals surface area (Å²) in [4.78, 5) is 22.4. The number of nitrogens with zero attached hydrogens (tertiary/aromatic N) is 1. The van der Waals surface area contributed by atoms with Crippen LogP contribution < -0.4 is 14.8 Å². The van der Waals surface area contributed by atoms with E-state index in [0.29, 0.717) is 29.4 Å². The van der Waals surface area contributed by atoms with E-state index < -0.39 is 4.92 Å². The highest BCUT2D eigenvalue weighted by Crippen LogP contribution is 2.25. The number of nitro benzene ring substituents is 1. The number of hydrogen-bond donors (Lipinski definition) is 1. The zero-order chi connectivity index (χ0) is 18.2. The van der Waals surface area contributed by atoms with E-state index in [1.165, 1.54) is 18.2 Å². The van der Waals surface area contributed by atoms with Crippen molar-refractivity contribution < 1.29 is 19.2 Å². The largest absolute Gasteiger partial charge is 0.491 e. The van der Waals surface area contributed by atoms with Crippen molar-refractivity contribution in [2.45, 2.75) is 20.3 Å². The Morgan fingerprint density at radius 3 is 2.64 bits per heavy atom. The first kappa shape index (κ1) is 18.3. The van der Waals surface area contributed by atoms with Crippen molar-refractivity contribution >= 4 is 17.3 Å². The first-order chi connectivity index (χ1) is 12.0. The molecule has 1 N–H and O–H groups in total. The van der Waals surface area contributed by atoms with Gasteiger partial charge in [-0.05, 0) is 37.6 Å². The smallest absolute Gasteiger partial charge is 0.272 e. The Kier molecular flexibility index (Phi) is 6.33. The fourth-order valence-electron chi connectivity index (χ4n) is 2.17. The van der Waals surface area contributed by atoms with Gasteiger partial charge in [-0.1, -0.05) is 19.1 Å². The Bertz CT molecular complexity index is 761. The van der Waals surface area contributed by atoms with E-state index in [1.54, 1.807) is 25.1 Å². The highest BCUT2D eigenvalue weighted by atomic mass is 16.6. The topological polar surface area (TPSA) is 90.7 Å². The van der Waals surface area contributed by atoms with Crippen LogP contribution >= 0.6 is 0 Å². The molecule has 0 heterocycles. The molecule has 25 heavy (non-hydrogen) atoms. The molecule has 1 amide bonds. The van der Waals surface area contributed by atoms with E-state index in [1.807, 2.05) is 13.0 Å². The molecule has 0 radical (unpaired) electrons. The summed E-state index contributed by atoms with van der Waals surface area (Å²) in [5.41, 5.74) is 1.06. The van der Waals surface area contributed by atoms with Crippen LogP contribution in [0.5, 0.6) is 11.5 Å². The van der Waals surface area contributed by atoms with Crippen LogP contribution in [0, 0.1) is 17.0 Å². The monoisotopic (exact) mass is 344 g/mol. The van der Waals surface area contributed by atoms with Crippen molar-refractivity contribution in [3.05, 3.63) is 58.1 Å². The van der Waals surface area contributed by atoms with Crippen molar-refractivity contribution in [3.8, 4) is 11.5 Å². The number of nitro groups is 1. The summed E-state index contributed by atoms with van der Waals surface area (Å²) in [5, 5.41) is 13.5. The number of hydrogen-bond acceptors (Lipinski definition) is 5.